The number of nitrogens with zero attached hydrogens (tertiary/aromatic N) is 2. The van der Waals surface area contributed by atoms with E-state index in [4.69, 9.17) is 53.9 Å². The summed E-state index contributed by atoms with van der Waals surface area (Å²) in [6, 6.07) is 7.49. The molecule has 1 aromatic rings. The van der Waals surface area contributed by atoms with E-state index in [1.165, 1.54) is 4.90 Å². The number of rotatable bonds is 6. The van der Waals surface area contributed by atoms with Crippen molar-refractivity contribution in [3.63, 3.8) is 0 Å². The zero-order valence-electron chi connectivity index (χ0n) is 19.5. The average Bonchev–Trinajstić information content (AvgIpc) is 2.72. The van der Waals surface area contributed by atoms with Crippen LogP contribution in [0.5, 0.6) is 0 Å². The molecule has 190 valence electrons. The molecule has 0 saturated carbocycles. The second-order valence-corrected chi connectivity index (χ2v) is 10.7. The van der Waals surface area contributed by atoms with Crippen LogP contribution in [0.3, 0.4) is 0 Å². The van der Waals surface area contributed by atoms with Crippen molar-refractivity contribution in [1.29, 1.82) is 0 Å². The molecular formula is C22H29Cl3N2O7. The van der Waals surface area contributed by atoms with Crippen LogP contribution >= 0.6 is 34.8 Å². The van der Waals surface area contributed by atoms with Gasteiger partial charge in [0, 0.05) is 6.54 Å². The number of carbonyl (C=O) groups excluding carboxylic acids is 3. The lowest BCUT2D eigenvalue weighted by Gasteiger charge is -2.41. The fourth-order valence-electron chi connectivity index (χ4n) is 3.32. The van der Waals surface area contributed by atoms with Gasteiger partial charge in [-0.15, -0.1) is 0 Å². The van der Waals surface area contributed by atoms with Crippen LogP contribution in [0.4, 0.5) is 9.59 Å². The van der Waals surface area contributed by atoms with Crippen molar-refractivity contribution in [3.05, 3.63) is 35.9 Å². The van der Waals surface area contributed by atoms with E-state index in [0.29, 0.717) is 0 Å². The second-order valence-electron chi connectivity index (χ2n) is 8.53. The summed E-state index contributed by atoms with van der Waals surface area (Å²) in [5.74, 6) is -0.563. The van der Waals surface area contributed by atoms with Crippen LogP contribution in [-0.2, 0) is 30.4 Å². The minimum absolute atomic E-state index is 0.0139. The Bertz CT molecular complexity index is 843. The van der Waals surface area contributed by atoms with Gasteiger partial charge in [0.25, 0.3) is 0 Å². The maximum absolute atomic E-state index is 12.9. The lowest BCUT2D eigenvalue weighted by molar-refractivity contribution is -0.185. The third-order valence-corrected chi connectivity index (χ3v) is 4.90. The van der Waals surface area contributed by atoms with Crippen LogP contribution < -0.4 is 0 Å². The number of hydroxylamine groups is 2. The summed E-state index contributed by atoms with van der Waals surface area (Å²) in [4.78, 5) is 45.2. The van der Waals surface area contributed by atoms with Crippen molar-refractivity contribution in [2.24, 2.45) is 0 Å². The van der Waals surface area contributed by atoms with E-state index >= 15 is 0 Å². The average molecular weight is 540 g/mol. The topological polar surface area (TPSA) is 94.6 Å². The van der Waals surface area contributed by atoms with Gasteiger partial charge in [0.1, 0.15) is 18.2 Å². The minimum atomic E-state index is -2.32. The molecule has 1 aliphatic heterocycles. The van der Waals surface area contributed by atoms with E-state index in [9.17, 15) is 14.4 Å². The van der Waals surface area contributed by atoms with Gasteiger partial charge in [-0.05, 0) is 80.9 Å². The molecular weight excluding hydrogens is 511 g/mol. The largest absolute Gasteiger partial charge is 0.464 e. The Balaban J connectivity index is 2.28. The summed E-state index contributed by atoms with van der Waals surface area (Å²) >= 11 is 16.9. The Hall–Kier alpha value is -1.94. The number of likely N-dealkylation sites (tertiary alicyclic amines) is 1. The van der Waals surface area contributed by atoms with E-state index in [-0.39, 0.29) is 32.6 Å². The lowest BCUT2D eigenvalue weighted by atomic mass is 9.98. The molecule has 0 aliphatic carbocycles. The molecule has 0 bridgehead atoms. The summed E-state index contributed by atoms with van der Waals surface area (Å²) < 4.78 is 13.1. The monoisotopic (exact) mass is 538 g/mol. The van der Waals surface area contributed by atoms with E-state index in [2.05, 4.69) is 0 Å². The number of benzene rings is 1. The molecule has 34 heavy (non-hydrogen) atoms. The van der Waals surface area contributed by atoms with E-state index in [1.807, 2.05) is 30.3 Å². The van der Waals surface area contributed by atoms with Crippen molar-refractivity contribution < 1.29 is 33.4 Å². The first kappa shape index (κ1) is 28.3. The van der Waals surface area contributed by atoms with Crippen LogP contribution in [0.15, 0.2) is 30.3 Å². The zero-order chi connectivity index (χ0) is 25.5. The highest BCUT2D eigenvalue weighted by Crippen LogP contribution is 2.31. The van der Waals surface area contributed by atoms with Gasteiger partial charge in [-0.3, -0.25) is 9.74 Å². The first-order valence-electron chi connectivity index (χ1n) is 10.7. The molecule has 0 spiro atoms. The van der Waals surface area contributed by atoms with Crippen LogP contribution in [0.2, 0.25) is 0 Å². The molecule has 12 heteroatoms. The molecule has 1 saturated heterocycles. The number of hydrogen-bond donors (Lipinski definition) is 0. The Morgan fingerprint density at radius 2 is 1.71 bits per heavy atom. The summed E-state index contributed by atoms with van der Waals surface area (Å²) in [5.41, 5.74) is -0.0281. The summed E-state index contributed by atoms with van der Waals surface area (Å²) in [6.07, 6.45) is -1.31. The molecule has 1 aliphatic rings. The molecule has 0 N–H and O–H groups in total. The first-order valence-corrected chi connectivity index (χ1v) is 11.9. The molecule has 0 radical (unpaired) electrons. The van der Waals surface area contributed by atoms with Crippen molar-refractivity contribution in [1.82, 2.24) is 9.96 Å². The number of piperidine rings is 1. The number of halogens is 3. The number of hydrogen-bond acceptors (Lipinski definition) is 7. The Morgan fingerprint density at radius 1 is 1.06 bits per heavy atom. The van der Waals surface area contributed by atoms with Crippen molar-refractivity contribution >= 4 is 53.0 Å². The maximum atomic E-state index is 12.9. The molecule has 1 fully saturated rings. The number of esters is 1. The van der Waals surface area contributed by atoms with E-state index in [0.717, 1.165) is 10.6 Å². The molecule has 9 nitrogen and oxygen atoms in total. The Labute approximate surface area is 214 Å². The number of ether oxygens (including phenoxy) is 3. The van der Waals surface area contributed by atoms with Gasteiger partial charge in [0.05, 0.1) is 12.6 Å². The summed E-state index contributed by atoms with van der Waals surface area (Å²) in [5, 5.41) is 0.924. The molecule has 0 aromatic heterocycles. The highest BCUT2D eigenvalue weighted by molar-refractivity contribution is 6.66. The van der Waals surface area contributed by atoms with Gasteiger partial charge in [-0.2, -0.15) is 5.06 Å². The van der Waals surface area contributed by atoms with Crippen LogP contribution in [0.25, 0.3) is 0 Å². The van der Waals surface area contributed by atoms with E-state index in [1.54, 1.807) is 27.7 Å². The highest BCUT2D eigenvalue weighted by atomic mass is 35.6. The highest BCUT2D eigenvalue weighted by Gasteiger charge is 2.43. The van der Waals surface area contributed by atoms with Gasteiger partial charge < -0.3 is 14.2 Å². The van der Waals surface area contributed by atoms with Crippen molar-refractivity contribution in [3.8, 4) is 0 Å². The molecule has 2 amide bonds. The first-order chi connectivity index (χ1) is 15.8. The van der Waals surface area contributed by atoms with Gasteiger partial charge in [0.15, 0.2) is 0 Å². The Kier molecular flexibility index (Phi) is 10.1. The predicted molar refractivity (Wildman–Crippen MR) is 126 cm³/mol. The van der Waals surface area contributed by atoms with Crippen LogP contribution in [0, 0.1) is 0 Å². The van der Waals surface area contributed by atoms with Gasteiger partial charge in [0.2, 0.25) is 0 Å². The fourth-order valence-corrected chi connectivity index (χ4v) is 3.52. The number of alkyl halides is 3. The quantitative estimate of drug-likeness (QED) is 0.212. The van der Waals surface area contributed by atoms with Gasteiger partial charge in [-0.1, -0.05) is 30.3 Å². The maximum Gasteiger partial charge on any atom is 0.437 e. The number of carbonyl (C=O) groups is 3. The third-order valence-electron chi connectivity index (χ3n) is 4.67. The molecule has 2 rings (SSSR count). The van der Waals surface area contributed by atoms with Crippen LogP contribution in [0.1, 0.15) is 46.1 Å². The third kappa shape index (κ3) is 9.02. The standard InChI is InChI=1S/C22H29Cl3N2O7/c1-5-31-18(28)17-12-11-16(13-26(17)19(29)33-21(2,3)4)27(20(30)34-22(23,24)25)32-14-15-9-7-6-8-10-15/h6-10,16-17H,5,11-14H2,1-4H3/t16-,17+/m1/s1. The van der Waals surface area contributed by atoms with Gasteiger partial charge >= 0.3 is 22.1 Å². The summed E-state index contributed by atoms with van der Waals surface area (Å²) in [7, 11) is 0. The molecule has 1 heterocycles. The van der Waals surface area contributed by atoms with Gasteiger partial charge in [-0.25, -0.2) is 14.4 Å². The molecule has 2 atom stereocenters. The smallest absolute Gasteiger partial charge is 0.437 e. The van der Waals surface area contributed by atoms with E-state index < -0.39 is 39.8 Å². The fraction of sp³-hybridized carbons (Fsp3) is 0.591. The predicted octanol–water partition coefficient (Wildman–Crippen LogP) is 5.22. The minimum Gasteiger partial charge on any atom is -0.464 e. The molecule has 0 unspecified atom stereocenters. The molecule has 1 aromatic carbocycles. The lowest BCUT2D eigenvalue weighted by Crippen LogP contribution is -2.58. The normalized spacial score (nSPS) is 18.7. The number of amides is 2. The Morgan fingerprint density at radius 3 is 2.26 bits per heavy atom. The van der Waals surface area contributed by atoms with Crippen molar-refractivity contribution in [2.45, 2.75) is 68.8 Å². The summed E-state index contributed by atoms with van der Waals surface area (Å²) in [6.45, 7) is 6.87. The zero-order valence-corrected chi connectivity index (χ0v) is 21.7. The second kappa shape index (κ2) is 12.2. The van der Waals surface area contributed by atoms with Crippen LogP contribution in [-0.4, -0.2) is 62.9 Å². The SMILES string of the molecule is CCOC(=O)[C@@H]1CC[C@@H](N(OCc2ccccc2)C(=O)OC(Cl)(Cl)Cl)CN1C(=O)OC(C)(C)C. The van der Waals surface area contributed by atoms with Crippen molar-refractivity contribution in [2.75, 3.05) is 13.2 Å².